The van der Waals surface area contributed by atoms with Crippen molar-refractivity contribution in [3.05, 3.63) is 0 Å². The molecule has 0 spiro atoms. The molecule has 2 rings (SSSR count). The van der Waals surface area contributed by atoms with Crippen LogP contribution in [0.15, 0.2) is 0 Å². The fourth-order valence-corrected chi connectivity index (χ4v) is 2.19. The third kappa shape index (κ3) is 3.92. The van der Waals surface area contributed by atoms with Crippen LogP contribution in [0.25, 0.3) is 0 Å². The SMILES string of the molecule is CCOc1nc(N)nc(OC2CC(C)OC(C)C2)n1. The summed E-state index contributed by atoms with van der Waals surface area (Å²) in [5, 5.41) is 0. The van der Waals surface area contributed by atoms with Crippen molar-refractivity contribution >= 4 is 5.95 Å². The molecule has 19 heavy (non-hydrogen) atoms. The van der Waals surface area contributed by atoms with Gasteiger partial charge in [-0.1, -0.05) is 0 Å². The molecule has 1 fully saturated rings. The molecular weight excluding hydrogens is 248 g/mol. The van der Waals surface area contributed by atoms with Gasteiger partial charge in [0.25, 0.3) is 0 Å². The predicted octanol–water partition coefficient (Wildman–Crippen LogP) is 1.19. The lowest BCUT2D eigenvalue weighted by molar-refractivity contribution is -0.0739. The fraction of sp³-hybridized carbons (Fsp3) is 0.750. The van der Waals surface area contributed by atoms with Crippen molar-refractivity contribution in [3.63, 3.8) is 0 Å². The summed E-state index contributed by atoms with van der Waals surface area (Å²) in [5.74, 6) is 0.0987. The third-order valence-corrected chi connectivity index (χ3v) is 2.81. The van der Waals surface area contributed by atoms with E-state index in [9.17, 15) is 0 Å². The zero-order valence-electron chi connectivity index (χ0n) is 11.5. The van der Waals surface area contributed by atoms with Gasteiger partial charge in [0.1, 0.15) is 6.10 Å². The molecule has 2 N–H and O–H groups in total. The van der Waals surface area contributed by atoms with Crippen molar-refractivity contribution in [3.8, 4) is 12.0 Å². The monoisotopic (exact) mass is 268 g/mol. The van der Waals surface area contributed by atoms with Crippen LogP contribution in [0, 0.1) is 0 Å². The average Bonchev–Trinajstić information content (AvgIpc) is 2.26. The van der Waals surface area contributed by atoms with E-state index in [0.717, 1.165) is 12.8 Å². The van der Waals surface area contributed by atoms with E-state index < -0.39 is 0 Å². The van der Waals surface area contributed by atoms with Crippen molar-refractivity contribution in [1.29, 1.82) is 0 Å². The van der Waals surface area contributed by atoms with Crippen molar-refractivity contribution in [2.24, 2.45) is 0 Å². The summed E-state index contributed by atoms with van der Waals surface area (Å²) < 4.78 is 16.6. The minimum absolute atomic E-state index is 0.0232. The molecule has 2 unspecified atom stereocenters. The molecule has 1 saturated heterocycles. The van der Waals surface area contributed by atoms with Gasteiger partial charge in [-0.3, -0.25) is 0 Å². The Morgan fingerprint density at radius 2 is 1.79 bits per heavy atom. The van der Waals surface area contributed by atoms with Crippen LogP contribution in [0.2, 0.25) is 0 Å². The van der Waals surface area contributed by atoms with Gasteiger partial charge < -0.3 is 19.9 Å². The Morgan fingerprint density at radius 1 is 1.16 bits per heavy atom. The van der Waals surface area contributed by atoms with Gasteiger partial charge in [-0.05, 0) is 20.8 Å². The standard InChI is InChI=1S/C12H20N4O3/c1-4-17-11-14-10(13)15-12(16-11)19-9-5-7(2)18-8(3)6-9/h7-9H,4-6H2,1-3H3,(H2,13,14,15,16). The number of nitrogens with zero attached hydrogens (tertiary/aromatic N) is 3. The summed E-state index contributed by atoms with van der Waals surface area (Å²) in [6.07, 6.45) is 1.97. The molecule has 1 aromatic heterocycles. The smallest absolute Gasteiger partial charge is 0.324 e. The molecule has 7 nitrogen and oxygen atoms in total. The lowest BCUT2D eigenvalue weighted by Gasteiger charge is -2.31. The highest BCUT2D eigenvalue weighted by Gasteiger charge is 2.26. The first-order valence-corrected chi connectivity index (χ1v) is 6.53. The van der Waals surface area contributed by atoms with Crippen LogP contribution in [0.3, 0.4) is 0 Å². The summed E-state index contributed by atoms with van der Waals surface area (Å²) in [6, 6.07) is 0.403. The Labute approximate surface area is 112 Å². The molecule has 106 valence electrons. The van der Waals surface area contributed by atoms with E-state index in [-0.39, 0.29) is 36.3 Å². The Balaban J connectivity index is 2.05. The molecular formula is C12H20N4O3. The highest BCUT2D eigenvalue weighted by atomic mass is 16.5. The molecule has 7 heteroatoms. The second kappa shape index (κ2) is 6.01. The molecule has 0 aromatic carbocycles. The predicted molar refractivity (Wildman–Crippen MR) is 69.1 cm³/mol. The Morgan fingerprint density at radius 3 is 2.42 bits per heavy atom. The molecule has 1 aliphatic rings. The van der Waals surface area contributed by atoms with E-state index in [1.807, 2.05) is 20.8 Å². The number of hydrogen-bond acceptors (Lipinski definition) is 7. The average molecular weight is 268 g/mol. The summed E-state index contributed by atoms with van der Waals surface area (Å²) in [6.45, 7) is 6.37. The van der Waals surface area contributed by atoms with Crippen molar-refractivity contribution < 1.29 is 14.2 Å². The molecule has 2 heterocycles. The highest BCUT2D eigenvalue weighted by molar-refractivity contribution is 5.20. The topological polar surface area (TPSA) is 92.4 Å². The van der Waals surface area contributed by atoms with Gasteiger partial charge in [-0.2, -0.15) is 9.97 Å². The lowest BCUT2D eigenvalue weighted by atomic mass is 10.0. The van der Waals surface area contributed by atoms with E-state index in [2.05, 4.69) is 15.0 Å². The summed E-state index contributed by atoms with van der Waals surface area (Å²) in [4.78, 5) is 11.9. The maximum atomic E-state index is 5.76. The van der Waals surface area contributed by atoms with Crippen LogP contribution in [-0.2, 0) is 4.74 Å². The quantitative estimate of drug-likeness (QED) is 0.876. The second-order valence-corrected chi connectivity index (χ2v) is 4.66. The Bertz CT molecular complexity index is 419. The molecule has 0 amide bonds. The number of ether oxygens (including phenoxy) is 3. The van der Waals surface area contributed by atoms with E-state index in [4.69, 9.17) is 19.9 Å². The van der Waals surface area contributed by atoms with Crippen LogP contribution in [0.4, 0.5) is 5.95 Å². The van der Waals surface area contributed by atoms with Crippen molar-refractivity contribution in [2.75, 3.05) is 12.3 Å². The largest absolute Gasteiger partial charge is 0.464 e. The maximum absolute atomic E-state index is 5.76. The minimum atomic E-state index is 0.0232. The van der Waals surface area contributed by atoms with E-state index in [1.165, 1.54) is 0 Å². The van der Waals surface area contributed by atoms with Gasteiger partial charge >= 0.3 is 12.0 Å². The van der Waals surface area contributed by atoms with Crippen molar-refractivity contribution in [2.45, 2.75) is 51.9 Å². The van der Waals surface area contributed by atoms with E-state index in [1.54, 1.807) is 0 Å². The fourth-order valence-electron chi connectivity index (χ4n) is 2.19. The zero-order valence-corrected chi connectivity index (χ0v) is 11.5. The van der Waals surface area contributed by atoms with E-state index >= 15 is 0 Å². The Kier molecular flexibility index (Phi) is 4.36. The number of anilines is 1. The normalized spacial score (nSPS) is 27.0. The van der Waals surface area contributed by atoms with Crippen LogP contribution >= 0.6 is 0 Å². The van der Waals surface area contributed by atoms with Crippen LogP contribution in [0.5, 0.6) is 12.0 Å². The number of nitrogen functional groups attached to an aromatic ring is 1. The van der Waals surface area contributed by atoms with Crippen LogP contribution < -0.4 is 15.2 Å². The molecule has 0 aliphatic carbocycles. The summed E-state index contributed by atoms with van der Waals surface area (Å²) >= 11 is 0. The van der Waals surface area contributed by atoms with Gasteiger partial charge in [0.05, 0.1) is 18.8 Å². The molecule has 1 aliphatic heterocycles. The summed E-state index contributed by atoms with van der Waals surface area (Å²) in [7, 11) is 0. The molecule has 2 atom stereocenters. The first-order valence-electron chi connectivity index (χ1n) is 6.53. The Hall–Kier alpha value is -1.63. The van der Waals surface area contributed by atoms with Crippen LogP contribution in [-0.4, -0.2) is 39.9 Å². The molecule has 0 bridgehead atoms. The first-order chi connectivity index (χ1) is 9.06. The first kappa shape index (κ1) is 13.8. The molecule has 0 radical (unpaired) electrons. The van der Waals surface area contributed by atoms with Gasteiger partial charge in [-0.25, -0.2) is 0 Å². The number of hydrogen-bond donors (Lipinski definition) is 1. The summed E-state index contributed by atoms with van der Waals surface area (Å²) in [5.41, 5.74) is 5.60. The van der Waals surface area contributed by atoms with E-state index in [0.29, 0.717) is 6.61 Å². The van der Waals surface area contributed by atoms with Gasteiger partial charge in [0, 0.05) is 12.8 Å². The maximum Gasteiger partial charge on any atom is 0.324 e. The minimum Gasteiger partial charge on any atom is -0.464 e. The number of nitrogens with two attached hydrogens (primary N) is 1. The second-order valence-electron chi connectivity index (χ2n) is 4.66. The number of rotatable bonds is 4. The molecule has 1 aromatic rings. The van der Waals surface area contributed by atoms with Gasteiger partial charge in [-0.15, -0.1) is 4.98 Å². The highest BCUT2D eigenvalue weighted by Crippen LogP contribution is 2.23. The lowest BCUT2D eigenvalue weighted by Crippen LogP contribution is -2.36. The van der Waals surface area contributed by atoms with Gasteiger partial charge in [0.2, 0.25) is 5.95 Å². The van der Waals surface area contributed by atoms with Crippen LogP contribution in [0.1, 0.15) is 33.6 Å². The number of aromatic nitrogens is 3. The van der Waals surface area contributed by atoms with Gasteiger partial charge in [0.15, 0.2) is 0 Å². The van der Waals surface area contributed by atoms with Crippen molar-refractivity contribution in [1.82, 2.24) is 15.0 Å². The molecule has 0 saturated carbocycles. The third-order valence-electron chi connectivity index (χ3n) is 2.81. The zero-order chi connectivity index (χ0) is 13.8.